The maximum absolute atomic E-state index is 13.6. The Balaban J connectivity index is 1.59. The molecule has 3 heterocycles. The molecule has 0 atom stereocenters. The molecular formula is C19H27N3O4Si. The highest BCUT2D eigenvalue weighted by atomic mass is 28.4. The molecule has 2 aromatic heterocycles. The van der Waals surface area contributed by atoms with Crippen molar-refractivity contribution in [3.8, 4) is 0 Å². The molecule has 0 aromatic carbocycles. The first kappa shape index (κ1) is 18.7. The molecule has 146 valence electrons. The largest absolute Gasteiger partial charge is 0.405 e. The van der Waals surface area contributed by atoms with Gasteiger partial charge in [0.25, 0.3) is 0 Å². The number of rotatable bonds is 5. The van der Waals surface area contributed by atoms with Gasteiger partial charge in [0.1, 0.15) is 11.9 Å². The maximum atomic E-state index is 13.6. The molecule has 1 aliphatic heterocycles. The van der Waals surface area contributed by atoms with Gasteiger partial charge in [-0.2, -0.15) is 5.10 Å². The van der Waals surface area contributed by atoms with E-state index in [1.165, 1.54) is 6.33 Å². The number of aromatic nitrogens is 3. The third-order valence-corrected chi connectivity index (χ3v) is 6.33. The zero-order valence-corrected chi connectivity index (χ0v) is 17.2. The van der Waals surface area contributed by atoms with Crippen LogP contribution in [-0.4, -0.2) is 53.8 Å². The summed E-state index contributed by atoms with van der Waals surface area (Å²) in [4.78, 5) is 17.7. The van der Waals surface area contributed by atoms with Crippen LogP contribution in [0.2, 0.25) is 19.6 Å². The van der Waals surface area contributed by atoms with Crippen molar-refractivity contribution >= 4 is 19.7 Å². The summed E-state index contributed by atoms with van der Waals surface area (Å²) in [6.45, 7) is 7.73. The number of fused-ring (bicyclic) bond motifs is 1. The maximum Gasteiger partial charge on any atom is 0.195 e. The Bertz CT molecular complexity index is 818. The topological polar surface area (TPSA) is 75.0 Å². The Morgan fingerprint density at radius 2 is 1.93 bits per heavy atom. The van der Waals surface area contributed by atoms with Crippen LogP contribution in [-0.2, 0) is 13.9 Å². The van der Waals surface area contributed by atoms with Crippen molar-refractivity contribution < 1.29 is 18.7 Å². The first-order chi connectivity index (χ1) is 12.9. The van der Waals surface area contributed by atoms with E-state index in [9.17, 15) is 4.79 Å². The van der Waals surface area contributed by atoms with Gasteiger partial charge < -0.3 is 13.9 Å². The van der Waals surface area contributed by atoms with Crippen LogP contribution in [0.25, 0.3) is 5.65 Å². The number of nitrogens with zero attached hydrogens (tertiary/aromatic N) is 3. The zero-order chi connectivity index (χ0) is 19.1. The van der Waals surface area contributed by atoms with E-state index >= 15 is 0 Å². The van der Waals surface area contributed by atoms with Crippen molar-refractivity contribution in [2.24, 2.45) is 5.92 Å². The number of ether oxygens (including phenoxy) is 2. The molecule has 27 heavy (non-hydrogen) atoms. The van der Waals surface area contributed by atoms with Gasteiger partial charge in [0.15, 0.2) is 26.0 Å². The second-order valence-electron chi connectivity index (χ2n) is 8.47. The van der Waals surface area contributed by atoms with Gasteiger partial charge in [-0.15, -0.1) is 0 Å². The molecule has 0 N–H and O–H groups in total. The molecule has 2 aromatic rings. The summed E-state index contributed by atoms with van der Waals surface area (Å²) < 4.78 is 19.6. The Hall–Kier alpha value is -1.61. The number of carbonyl (C=O) groups is 1. The van der Waals surface area contributed by atoms with E-state index in [1.54, 1.807) is 10.7 Å². The molecule has 0 unspecified atom stereocenters. The highest BCUT2D eigenvalue weighted by Gasteiger charge is 2.47. The van der Waals surface area contributed by atoms with Gasteiger partial charge in [-0.25, -0.2) is 9.50 Å². The minimum Gasteiger partial charge on any atom is -0.405 e. The van der Waals surface area contributed by atoms with Crippen molar-refractivity contribution in [3.05, 3.63) is 30.2 Å². The molecule has 1 saturated heterocycles. The first-order valence-corrected chi connectivity index (χ1v) is 13.0. The number of ketones is 1. The van der Waals surface area contributed by atoms with Crippen LogP contribution in [0.4, 0.5) is 0 Å². The van der Waals surface area contributed by atoms with Crippen LogP contribution in [0.1, 0.15) is 36.0 Å². The first-order valence-electron chi connectivity index (χ1n) is 9.64. The lowest BCUT2D eigenvalue weighted by Crippen LogP contribution is -2.51. The fraction of sp³-hybridized carbons (Fsp3) is 0.632. The number of carbonyl (C=O) groups excluding carboxylic acids is 1. The Morgan fingerprint density at radius 3 is 2.59 bits per heavy atom. The minimum absolute atomic E-state index is 0.0500. The SMILES string of the molecule is C[Si](C)(C)OC1(C(=O)c2ccc3ncnn3c2)CCC(C2OCCO2)CC1. The highest BCUT2D eigenvalue weighted by molar-refractivity contribution is 6.70. The van der Waals surface area contributed by atoms with Gasteiger partial charge >= 0.3 is 0 Å². The number of pyridine rings is 1. The normalized spacial score (nSPS) is 27.3. The summed E-state index contributed by atoms with van der Waals surface area (Å²) in [5.74, 6) is 0.380. The Kier molecular flexibility index (Phi) is 4.92. The third-order valence-electron chi connectivity index (χ3n) is 5.32. The van der Waals surface area contributed by atoms with Gasteiger partial charge in [0.05, 0.1) is 13.2 Å². The number of Topliss-reactive ketones (excluding diaryl/α,β-unsaturated/α-hetero) is 1. The van der Waals surface area contributed by atoms with E-state index < -0.39 is 13.9 Å². The number of hydrogen-bond donors (Lipinski definition) is 0. The van der Waals surface area contributed by atoms with E-state index in [2.05, 4.69) is 29.7 Å². The Labute approximate surface area is 160 Å². The van der Waals surface area contributed by atoms with Crippen molar-refractivity contribution in [2.75, 3.05) is 13.2 Å². The van der Waals surface area contributed by atoms with Gasteiger partial charge in [-0.1, -0.05) is 0 Å². The Morgan fingerprint density at radius 1 is 1.22 bits per heavy atom. The van der Waals surface area contributed by atoms with Gasteiger partial charge in [0, 0.05) is 17.7 Å². The van der Waals surface area contributed by atoms with Crippen LogP contribution < -0.4 is 0 Å². The van der Waals surface area contributed by atoms with Gasteiger partial charge in [-0.3, -0.25) is 4.79 Å². The fourth-order valence-electron chi connectivity index (χ4n) is 4.20. The van der Waals surface area contributed by atoms with Crippen molar-refractivity contribution in [1.82, 2.24) is 14.6 Å². The fourth-order valence-corrected chi connectivity index (χ4v) is 5.67. The van der Waals surface area contributed by atoms with E-state index in [1.807, 2.05) is 12.1 Å². The molecular weight excluding hydrogens is 362 g/mol. The summed E-state index contributed by atoms with van der Waals surface area (Å²) in [6.07, 6.45) is 6.24. The average molecular weight is 390 g/mol. The molecule has 0 radical (unpaired) electrons. The molecule has 1 aliphatic carbocycles. The molecule has 0 spiro atoms. The molecule has 0 bridgehead atoms. The predicted molar refractivity (Wildman–Crippen MR) is 102 cm³/mol. The predicted octanol–water partition coefficient (Wildman–Crippen LogP) is 3.07. The summed E-state index contributed by atoms with van der Waals surface area (Å²) >= 11 is 0. The summed E-state index contributed by atoms with van der Waals surface area (Å²) in [5, 5.41) is 4.16. The molecule has 0 amide bonds. The van der Waals surface area contributed by atoms with Crippen LogP contribution in [0.3, 0.4) is 0 Å². The summed E-state index contributed by atoms with van der Waals surface area (Å²) in [6, 6.07) is 3.66. The van der Waals surface area contributed by atoms with Gasteiger partial charge in [-0.05, 0) is 57.5 Å². The second kappa shape index (κ2) is 7.09. The minimum atomic E-state index is -1.92. The van der Waals surface area contributed by atoms with Crippen molar-refractivity contribution in [2.45, 2.75) is 57.2 Å². The quantitative estimate of drug-likeness (QED) is 0.578. The molecule has 2 aliphatic rings. The van der Waals surface area contributed by atoms with E-state index in [4.69, 9.17) is 13.9 Å². The molecule has 4 rings (SSSR count). The van der Waals surface area contributed by atoms with Crippen LogP contribution >= 0.6 is 0 Å². The summed E-state index contributed by atoms with van der Waals surface area (Å²) in [7, 11) is -1.92. The molecule has 8 heteroatoms. The third kappa shape index (κ3) is 3.84. The van der Waals surface area contributed by atoms with Crippen LogP contribution in [0.5, 0.6) is 0 Å². The van der Waals surface area contributed by atoms with Crippen LogP contribution in [0.15, 0.2) is 24.7 Å². The highest BCUT2D eigenvalue weighted by Crippen LogP contribution is 2.41. The van der Waals surface area contributed by atoms with Crippen molar-refractivity contribution in [3.63, 3.8) is 0 Å². The molecule has 1 saturated carbocycles. The van der Waals surface area contributed by atoms with E-state index in [0.29, 0.717) is 37.5 Å². The molecule has 7 nitrogen and oxygen atoms in total. The monoisotopic (exact) mass is 389 g/mol. The van der Waals surface area contributed by atoms with E-state index in [-0.39, 0.29) is 12.1 Å². The van der Waals surface area contributed by atoms with Crippen molar-refractivity contribution in [1.29, 1.82) is 0 Å². The standard InChI is InChI=1S/C19H27N3O4Si/c1-27(2,3)26-19(8-6-14(7-9-19)18-24-10-11-25-18)17(23)15-4-5-16-20-13-21-22(16)12-15/h4-5,12-14,18H,6-11H2,1-3H3. The smallest absolute Gasteiger partial charge is 0.195 e. The lowest BCUT2D eigenvalue weighted by Gasteiger charge is -2.43. The average Bonchev–Trinajstić information content (AvgIpc) is 3.31. The van der Waals surface area contributed by atoms with Crippen LogP contribution in [0, 0.1) is 5.92 Å². The summed E-state index contributed by atoms with van der Waals surface area (Å²) in [5.41, 5.74) is 0.581. The zero-order valence-electron chi connectivity index (χ0n) is 16.2. The lowest BCUT2D eigenvalue weighted by molar-refractivity contribution is -0.105. The number of hydrogen-bond acceptors (Lipinski definition) is 6. The second-order valence-corrected chi connectivity index (χ2v) is 12.9. The lowest BCUT2D eigenvalue weighted by atomic mass is 9.75. The van der Waals surface area contributed by atoms with E-state index in [0.717, 1.165) is 18.5 Å². The molecule has 2 fully saturated rings. The van der Waals surface area contributed by atoms with Gasteiger partial charge in [0.2, 0.25) is 0 Å².